The zero-order valence-corrected chi connectivity index (χ0v) is 23.9. The van der Waals surface area contributed by atoms with Crippen LogP contribution in [0.2, 0.25) is 0 Å². The summed E-state index contributed by atoms with van der Waals surface area (Å²) in [6.07, 6.45) is 0. The average Bonchev–Trinajstić information content (AvgIpc) is 3.49. The summed E-state index contributed by atoms with van der Waals surface area (Å²) in [5.74, 6) is 0. The fourth-order valence-electron chi connectivity index (χ4n) is 6.84. The highest BCUT2D eigenvalue weighted by Crippen LogP contribution is 2.45. The van der Waals surface area contributed by atoms with Crippen LogP contribution in [0.5, 0.6) is 0 Å². The summed E-state index contributed by atoms with van der Waals surface area (Å²) in [7, 11) is 0. The number of fused-ring (bicyclic) bond motifs is 9. The normalized spacial score (nSPS) is 11.6. The molecule has 0 bridgehead atoms. The average molecular weight is 562 g/mol. The first-order valence-electron chi connectivity index (χ1n) is 15.0. The second-order valence-electron chi connectivity index (χ2n) is 11.3. The third kappa shape index (κ3) is 3.82. The van der Waals surface area contributed by atoms with Gasteiger partial charge in [-0.2, -0.15) is 0 Å². The van der Waals surface area contributed by atoms with E-state index in [4.69, 9.17) is 4.42 Å². The minimum atomic E-state index is 0.881. The largest absolute Gasteiger partial charge is 0.456 e. The van der Waals surface area contributed by atoms with Gasteiger partial charge in [0, 0.05) is 16.8 Å². The van der Waals surface area contributed by atoms with Crippen LogP contribution in [0.25, 0.3) is 65.4 Å². The zero-order valence-electron chi connectivity index (χ0n) is 23.9. The van der Waals surface area contributed by atoms with Crippen LogP contribution >= 0.6 is 0 Å². The highest BCUT2D eigenvalue weighted by Gasteiger charge is 2.20. The van der Waals surface area contributed by atoms with Crippen molar-refractivity contribution in [1.29, 1.82) is 0 Å². The lowest BCUT2D eigenvalue weighted by Gasteiger charge is -2.27. The Morgan fingerprint density at radius 1 is 0.341 bits per heavy atom. The van der Waals surface area contributed by atoms with Crippen LogP contribution in [-0.4, -0.2) is 0 Å². The van der Waals surface area contributed by atoms with Crippen molar-refractivity contribution in [3.63, 3.8) is 0 Å². The van der Waals surface area contributed by atoms with Gasteiger partial charge in [0.15, 0.2) is 0 Å². The van der Waals surface area contributed by atoms with Crippen molar-refractivity contribution in [3.8, 4) is 11.1 Å². The lowest BCUT2D eigenvalue weighted by Crippen LogP contribution is -2.10. The van der Waals surface area contributed by atoms with Gasteiger partial charge in [-0.3, -0.25) is 0 Å². The van der Waals surface area contributed by atoms with Gasteiger partial charge in [-0.1, -0.05) is 121 Å². The summed E-state index contributed by atoms with van der Waals surface area (Å²) >= 11 is 0. The number of hydrogen-bond acceptors (Lipinski definition) is 2. The summed E-state index contributed by atoms with van der Waals surface area (Å²) in [5.41, 5.74) is 7.45. The van der Waals surface area contributed by atoms with Crippen LogP contribution in [0.3, 0.4) is 0 Å². The molecule has 2 heteroatoms. The molecule has 0 saturated heterocycles. The Morgan fingerprint density at radius 3 is 1.57 bits per heavy atom. The first-order chi connectivity index (χ1) is 21.8. The second kappa shape index (κ2) is 9.86. The molecule has 0 saturated carbocycles. The Balaban J connectivity index is 1.33. The molecule has 1 heterocycles. The highest BCUT2D eigenvalue weighted by molar-refractivity contribution is 6.26. The monoisotopic (exact) mass is 561 g/mol. The third-order valence-electron chi connectivity index (χ3n) is 8.84. The Bertz CT molecular complexity index is 2450. The van der Waals surface area contributed by atoms with Gasteiger partial charge in [-0.15, -0.1) is 0 Å². The first-order valence-corrected chi connectivity index (χ1v) is 15.0. The molecule has 8 aromatic carbocycles. The number of anilines is 3. The van der Waals surface area contributed by atoms with E-state index in [1.807, 2.05) is 12.1 Å². The lowest BCUT2D eigenvalue weighted by molar-refractivity contribution is 0.669. The molecule has 0 amide bonds. The van der Waals surface area contributed by atoms with Crippen LogP contribution in [0.15, 0.2) is 168 Å². The molecule has 0 aliphatic carbocycles. The summed E-state index contributed by atoms with van der Waals surface area (Å²) in [6.45, 7) is 0. The van der Waals surface area contributed by atoms with E-state index in [0.29, 0.717) is 0 Å². The Kier molecular flexibility index (Phi) is 5.54. The Morgan fingerprint density at radius 2 is 0.864 bits per heavy atom. The van der Waals surface area contributed by atoms with E-state index >= 15 is 0 Å². The summed E-state index contributed by atoms with van der Waals surface area (Å²) < 4.78 is 6.34. The van der Waals surface area contributed by atoms with Gasteiger partial charge in [-0.05, 0) is 85.9 Å². The molecule has 0 unspecified atom stereocenters. The number of benzene rings is 8. The predicted molar refractivity (Wildman–Crippen MR) is 186 cm³/mol. The van der Waals surface area contributed by atoms with Gasteiger partial charge in [0.05, 0.1) is 11.1 Å². The van der Waals surface area contributed by atoms with Crippen molar-refractivity contribution >= 4 is 71.3 Å². The number of nitrogens with zero attached hydrogens (tertiary/aromatic N) is 1. The van der Waals surface area contributed by atoms with Crippen molar-refractivity contribution in [3.05, 3.63) is 164 Å². The molecular weight excluding hydrogens is 534 g/mol. The van der Waals surface area contributed by atoms with E-state index in [1.165, 1.54) is 43.4 Å². The maximum absolute atomic E-state index is 6.34. The smallest absolute Gasteiger partial charge is 0.137 e. The van der Waals surface area contributed by atoms with Crippen LogP contribution in [-0.2, 0) is 0 Å². The summed E-state index contributed by atoms with van der Waals surface area (Å²) in [6, 6.07) is 58.5. The van der Waals surface area contributed by atoms with E-state index in [9.17, 15) is 0 Å². The standard InChI is InChI=1S/C42H27NO/c1-2-11-28(12-3-1)29-21-23-30(24-22-29)43(39-18-10-20-41-42(39)37-17-8-9-19-40(37)44-41)31-25-26-36-34-15-5-4-13-32(34)33-14-6-7-16-35(33)38(36)27-31/h1-27H. The van der Waals surface area contributed by atoms with Crippen molar-refractivity contribution in [1.82, 2.24) is 0 Å². The number of rotatable bonds is 4. The number of para-hydroxylation sites is 1. The number of furan rings is 1. The molecule has 0 spiro atoms. The molecule has 1 aromatic heterocycles. The van der Waals surface area contributed by atoms with Crippen molar-refractivity contribution in [2.24, 2.45) is 0 Å². The molecule has 0 aliphatic heterocycles. The van der Waals surface area contributed by atoms with Crippen molar-refractivity contribution in [2.45, 2.75) is 0 Å². The molecular formula is C42H27NO. The minimum Gasteiger partial charge on any atom is -0.456 e. The van der Waals surface area contributed by atoms with Crippen LogP contribution < -0.4 is 4.90 Å². The zero-order chi connectivity index (χ0) is 29.0. The minimum absolute atomic E-state index is 0.881. The van der Waals surface area contributed by atoms with Crippen LogP contribution in [0, 0.1) is 0 Å². The van der Waals surface area contributed by atoms with Gasteiger partial charge in [0.25, 0.3) is 0 Å². The van der Waals surface area contributed by atoms with E-state index in [2.05, 4.69) is 157 Å². The molecule has 9 rings (SSSR count). The lowest BCUT2D eigenvalue weighted by atomic mass is 9.94. The topological polar surface area (TPSA) is 16.4 Å². The molecule has 44 heavy (non-hydrogen) atoms. The highest BCUT2D eigenvalue weighted by atomic mass is 16.3. The van der Waals surface area contributed by atoms with Crippen molar-refractivity contribution in [2.75, 3.05) is 4.90 Å². The SMILES string of the molecule is c1ccc(-c2ccc(N(c3ccc4c5ccccc5c5ccccc5c4c3)c3cccc4oc5ccccc5c34)cc2)cc1. The van der Waals surface area contributed by atoms with E-state index < -0.39 is 0 Å². The van der Waals surface area contributed by atoms with Crippen LogP contribution in [0.1, 0.15) is 0 Å². The van der Waals surface area contributed by atoms with E-state index in [-0.39, 0.29) is 0 Å². The molecule has 0 fully saturated rings. The predicted octanol–water partition coefficient (Wildman–Crippen LogP) is 12.2. The molecule has 0 aliphatic rings. The van der Waals surface area contributed by atoms with E-state index in [1.54, 1.807) is 0 Å². The van der Waals surface area contributed by atoms with Gasteiger partial charge in [0.2, 0.25) is 0 Å². The fraction of sp³-hybridized carbons (Fsp3) is 0. The van der Waals surface area contributed by atoms with Gasteiger partial charge >= 0.3 is 0 Å². The molecule has 2 nitrogen and oxygen atoms in total. The van der Waals surface area contributed by atoms with E-state index in [0.717, 1.165) is 39.0 Å². The maximum atomic E-state index is 6.34. The molecule has 206 valence electrons. The number of hydrogen-bond donors (Lipinski definition) is 0. The Hall–Kier alpha value is -5.86. The summed E-state index contributed by atoms with van der Waals surface area (Å²) in [5, 5.41) is 9.81. The van der Waals surface area contributed by atoms with Crippen LogP contribution in [0.4, 0.5) is 17.1 Å². The first kappa shape index (κ1) is 24.7. The Labute approximate surface area is 255 Å². The van der Waals surface area contributed by atoms with Gasteiger partial charge < -0.3 is 9.32 Å². The van der Waals surface area contributed by atoms with Crippen molar-refractivity contribution < 1.29 is 4.42 Å². The second-order valence-corrected chi connectivity index (χ2v) is 11.3. The molecule has 0 atom stereocenters. The molecule has 0 N–H and O–H groups in total. The van der Waals surface area contributed by atoms with Gasteiger partial charge in [0.1, 0.15) is 11.2 Å². The molecule has 0 radical (unpaired) electrons. The quantitative estimate of drug-likeness (QED) is 0.199. The molecule has 9 aromatic rings. The summed E-state index contributed by atoms with van der Waals surface area (Å²) in [4.78, 5) is 2.38. The fourth-order valence-corrected chi connectivity index (χ4v) is 6.84. The maximum Gasteiger partial charge on any atom is 0.137 e. The van der Waals surface area contributed by atoms with Gasteiger partial charge in [-0.25, -0.2) is 0 Å². The third-order valence-corrected chi connectivity index (χ3v) is 8.84.